The molecule has 2 aromatic carbocycles. The van der Waals surface area contributed by atoms with Gasteiger partial charge in [-0.3, -0.25) is 29.8 Å². The van der Waals surface area contributed by atoms with Gasteiger partial charge in [0.05, 0.1) is 22.3 Å². The minimum Gasteiger partial charge on any atom is -0.494 e. The third-order valence-corrected chi connectivity index (χ3v) is 6.00. The predicted molar refractivity (Wildman–Crippen MR) is 115 cm³/mol. The first-order chi connectivity index (χ1) is 15.4. The molecular weight excluding hydrogens is 438 g/mol. The van der Waals surface area contributed by atoms with Crippen LogP contribution in [-0.4, -0.2) is 52.0 Å². The van der Waals surface area contributed by atoms with Gasteiger partial charge in [-0.05, 0) is 36.6 Å². The largest absolute Gasteiger partial charge is 0.494 e. The molecule has 0 spiro atoms. The Kier molecular flexibility index (Phi) is 6.26. The summed E-state index contributed by atoms with van der Waals surface area (Å²) in [5.41, 5.74) is 0.939. The molecule has 0 bridgehead atoms. The van der Waals surface area contributed by atoms with Gasteiger partial charge in [0.15, 0.2) is 6.73 Å². The lowest BCUT2D eigenvalue weighted by atomic mass is 10.1. The fraction of sp³-hybridized carbons (Fsp3) is 0.286. The lowest BCUT2D eigenvalue weighted by Gasteiger charge is -2.28. The van der Waals surface area contributed by atoms with Crippen molar-refractivity contribution in [3.63, 3.8) is 0 Å². The first-order valence-corrected chi connectivity index (χ1v) is 10.7. The third kappa shape index (κ3) is 4.83. The monoisotopic (exact) mass is 457 g/mol. The van der Waals surface area contributed by atoms with E-state index in [1.807, 2.05) is 12.1 Å². The molecule has 0 aromatic heterocycles. The van der Waals surface area contributed by atoms with Gasteiger partial charge in [-0.25, -0.2) is 0 Å². The van der Waals surface area contributed by atoms with Crippen LogP contribution < -0.4 is 14.8 Å². The molecule has 0 saturated carbocycles. The summed E-state index contributed by atoms with van der Waals surface area (Å²) in [5.74, 6) is 0.405. The Morgan fingerprint density at radius 3 is 2.66 bits per heavy atom. The zero-order valence-electron chi connectivity index (χ0n) is 16.8. The number of ether oxygens (including phenoxy) is 2. The number of nitro groups is 1. The Labute approximate surface area is 187 Å². The SMILES string of the molecule is O=C1NC(=O)C(Cc2ccc(OCCCN3COc4ccc([N+](=O)[O-])cc4C3=O)cc2)S1. The Morgan fingerprint density at radius 2 is 1.97 bits per heavy atom. The maximum absolute atomic E-state index is 12.6. The number of fused-ring (bicyclic) bond motifs is 1. The number of nitrogens with zero attached hydrogens (tertiary/aromatic N) is 2. The van der Waals surface area contributed by atoms with E-state index >= 15 is 0 Å². The third-order valence-electron chi connectivity index (χ3n) is 5.02. The van der Waals surface area contributed by atoms with Crippen molar-refractivity contribution in [3.8, 4) is 11.5 Å². The fourth-order valence-electron chi connectivity index (χ4n) is 3.38. The second kappa shape index (κ2) is 9.27. The van der Waals surface area contributed by atoms with Gasteiger partial charge in [-0.15, -0.1) is 0 Å². The van der Waals surface area contributed by atoms with Crippen LogP contribution in [-0.2, 0) is 11.2 Å². The topological polar surface area (TPSA) is 128 Å². The maximum atomic E-state index is 12.6. The summed E-state index contributed by atoms with van der Waals surface area (Å²) in [6.07, 6.45) is 1.00. The molecule has 2 heterocycles. The molecule has 11 heteroatoms. The second-order valence-corrected chi connectivity index (χ2v) is 8.39. The Balaban J connectivity index is 1.24. The number of nitrogens with one attached hydrogen (secondary N) is 1. The quantitative estimate of drug-likeness (QED) is 0.364. The van der Waals surface area contributed by atoms with Crippen LogP contribution >= 0.6 is 11.8 Å². The Bertz CT molecular complexity index is 1070. The Hall–Kier alpha value is -3.60. The molecule has 4 rings (SSSR count). The summed E-state index contributed by atoms with van der Waals surface area (Å²) >= 11 is 0.995. The van der Waals surface area contributed by atoms with Crippen molar-refractivity contribution in [2.45, 2.75) is 18.1 Å². The number of hydrogen-bond acceptors (Lipinski definition) is 8. The van der Waals surface area contributed by atoms with Crippen molar-refractivity contribution in [2.75, 3.05) is 19.9 Å². The zero-order valence-corrected chi connectivity index (χ0v) is 17.6. The van der Waals surface area contributed by atoms with Crippen LogP contribution in [0.5, 0.6) is 11.5 Å². The minimum absolute atomic E-state index is 0.0770. The first-order valence-electron chi connectivity index (χ1n) is 9.84. The van der Waals surface area contributed by atoms with E-state index in [0.717, 1.165) is 17.3 Å². The molecule has 166 valence electrons. The normalized spacial score (nSPS) is 17.6. The molecule has 10 nitrogen and oxygen atoms in total. The standard InChI is InChI=1S/C21H19N3O7S/c25-19-18(32-21(27)22-19)10-13-2-5-15(6-3-13)30-9-1-8-23-12-31-17-7-4-14(24(28)29)11-16(17)20(23)26/h2-7,11,18H,1,8-10,12H2,(H,22,25,27). The summed E-state index contributed by atoms with van der Waals surface area (Å²) in [4.78, 5) is 47.4. The summed E-state index contributed by atoms with van der Waals surface area (Å²) in [6.45, 7) is 0.814. The number of benzene rings is 2. The molecule has 0 aliphatic carbocycles. The van der Waals surface area contributed by atoms with Crippen molar-refractivity contribution in [1.29, 1.82) is 0 Å². The van der Waals surface area contributed by atoms with Crippen molar-refractivity contribution >= 4 is 34.5 Å². The number of imide groups is 1. The van der Waals surface area contributed by atoms with Crippen LogP contribution in [0.3, 0.4) is 0 Å². The van der Waals surface area contributed by atoms with Crippen LogP contribution in [0.1, 0.15) is 22.3 Å². The highest BCUT2D eigenvalue weighted by atomic mass is 32.2. The van der Waals surface area contributed by atoms with Gasteiger partial charge in [-0.1, -0.05) is 23.9 Å². The first kappa shape index (κ1) is 21.6. The second-order valence-electron chi connectivity index (χ2n) is 7.21. The molecule has 1 N–H and O–H groups in total. The van der Waals surface area contributed by atoms with Gasteiger partial charge in [-0.2, -0.15) is 0 Å². The Morgan fingerprint density at radius 1 is 1.19 bits per heavy atom. The van der Waals surface area contributed by atoms with Crippen LogP contribution in [0.25, 0.3) is 0 Å². The molecule has 0 radical (unpaired) electrons. The van der Waals surface area contributed by atoms with E-state index < -0.39 is 10.2 Å². The van der Waals surface area contributed by atoms with Crippen molar-refractivity contribution < 1.29 is 28.8 Å². The van der Waals surface area contributed by atoms with E-state index in [1.54, 1.807) is 12.1 Å². The summed E-state index contributed by atoms with van der Waals surface area (Å²) in [5, 5.41) is 12.5. The molecule has 1 atom stereocenters. The lowest BCUT2D eigenvalue weighted by molar-refractivity contribution is -0.384. The maximum Gasteiger partial charge on any atom is 0.286 e. The average molecular weight is 457 g/mol. The lowest BCUT2D eigenvalue weighted by Crippen LogP contribution is -2.39. The molecule has 2 aliphatic rings. The molecule has 32 heavy (non-hydrogen) atoms. The van der Waals surface area contributed by atoms with E-state index in [2.05, 4.69) is 5.32 Å². The molecule has 1 fully saturated rings. The summed E-state index contributed by atoms with van der Waals surface area (Å²) in [7, 11) is 0. The number of nitro benzene ring substituents is 1. The zero-order chi connectivity index (χ0) is 22.7. The summed E-state index contributed by atoms with van der Waals surface area (Å²) < 4.78 is 11.2. The highest BCUT2D eigenvalue weighted by molar-refractivity contribution is 8.15. The minimum atomic E-state index is -0.549. The van der Waals surface area contributed by atoms with E-state index in [4.69, 9.17) is 9.47 Å². The number of hydrogen-bond donors (Lipinski definition) is 1. The van der Waals surface area contributed by atoms with Gasteiger partial charge in [0.25, 0.3) is 16.8 Å². The van der Waals surface area contributed by atoms with Gasteiger partial charge >= 0.3 is 0 Å². The number of amides is 3. The van der Waals surface area contributed by atoms with E-state index in [1.165, 1.54) is 23.1 Å². The molecule has 1 saturated heterocycles. The smallest absolute Gasteiger partial charge is 0.286 e. The van der Waals surface area contributed by atoms with E-state index in [9.17, 15) is 24.5 Å². The van der Waals surface area contributed by atoms with Crippen LogP contribution in [0.2, 0.25) is 0 Å². The molecule has 2 aromatic rings. The van der Waals surface area contributed by atoms with Gasteiger partial charge in [0.2, 0.25) is 5.91 Å². The van der Waals surface area contributed by atoms with Crippen molar-refractivity contribution in [2.24, 2.45) is 0 Å². The number of rotatable bonds is 8. The molecule has 1 unspecified atom stereocenters. The van der Waals surface area contributed by atoms with Gasteiger partial charge in [0, 0.05) is 18.7 Å². The highest BCUT2D eigenvalue weighted by Gasteiger charge is 2.31. The summed E-state index contributed by atoms with van der Waals surface area (Å²) in [6, 6.07) is 11.2. The van der Waals surface area contributed by atoms with Crippen molar-refractivity contribution in [3.05, 3.63) is 63.7 Å². The number of carbonyl (C=O) groups excluding carboxylic acids is 3. The molecular formula is C21H19N3O7S. The van der Waals surface area contributed by atoms with E-state index in [-0.39, 0.29) is 35.0 Å². The predicted octanol–water partition coefficient (Wildman–Crippen LogP) is 2.75. The number of non-ortho nitro benzene ring substituents is 1. The van der Waals surface area contributed by atoms with Crippen LogP contribution in [0.4, 0.5) is 10.5 Å². The fourth-order valence-corrected chi connectivity index (χ4v) is 4.24. The van der Waals surface area contributed by atoms with Crippen LogP contribution in [0.15, 0.2) is 42.5 Å². The number of carbonyl (C=O) groups is 3. The van der Waals surface area contributed by atoms with E-state index in [0.29, 0.717) is 37.5 Å². The van der Waals surface area contributed by atoms with Crippen molar-refractivity contribution in [1.82, 2.24) is 10.2 Å². The number of thioether (sulfide) groups is 1. The molecule has 3 amide bonds. The van der Waals surface area contributed by atoms with Gasteiger partial charge < -0.3 is 14.4 Å². The highest BCUT2D eigenvalue weighted by Crippen LogP contribution is 2.29. The van der Waals surface area contributed by atoms with Crippen LogP contribution in [0, 0.1) is 10.1 Å². The average Bonchev–Trinajstić information content (AvgIpc) is 3.10. The van der Waals surface area contributed by atoms with Gasteiger partial charge in [0.1, 0.15) is 11.5 Å². The molecule has 2 aliphatic heterocycles.